The van der Waals surface area contributed by atoms with Crippen molar-refractivity contribution in [2.75, 3.05) is 5.73 Å². The Hall–Kier alpha value is -1.70. The molecule has 0 spiro atoms. The summed E-state index contributed by atoms with van der Waals surface area (Å²) in [6, 6.07) is 9.44. The number of nitrogens with zero attached hydrogens (tertiary/aromatic N) is 2. The van der Waals surface area contributed by atoms with E-state index in [2.05, 4.69) is 27.6 Å². The SMILES string of the molecule is Nc1nc2c(F)cc(F)cc2n1-c1ccccc1I. The van der Waals surface area contributed by atoms with Gasteiger partial charge in [-0.25, -0.2) is 13.8 Å². The van der Waals surface area contributed by atoms with Gasteiger partial charge in [0.15, 0.2) is 5.82 Å². The molecule has 3 aromatic rings. The molecular formula is C13H8F2IN3. The van der Waals surface area contributed by atoms with Crippen molar-refractivity contribution in [3.05, 3.63) is 51.6 Å². The fourth-order valence-corrected chi connectivity index (χ4v) is 2.64. The van der Waals surface area contributed by atoms with Crippen molar-refractivity contribution in [3.63, 3.8) is 0 Å². The number of hydrogen-bond acceptors (Lipinski definition) is 2. The molecule has 0 saturated heterocycles. The largest absolute Gasteiger partial charge is 0.369 e. The Bertz CT molecular complexity index is 783. The maximum Gasteiger partial charge on any atom is 0.206 e. The van der Waals surface area contributed by atoms with Crippen LogP contribution in [0.25, 0.3) is 16.7 Å². The van der Waals surface area contributed by atoms with Crippen molar-refractivity contribution in [2.45, 2.75) is 0 Å². The molecule has 0 aliphatic carbocycles. The van der Waals surface area contributed by atoms with Crippen LogP contribution in [0.15, 0.2) is 36.4 Å². The highest BCUT2D eigenvalue weighted by atomic mass is 127. The second-order valence-electron chi connectivity index (χ2n) is 4.01. The molecule has 96 valence electrons. The van der Waals surface area contributed by atoms with E-state index in [1.165, 1.54) is 6.07 Å². The van der Waals surface area contributed by atoms with Crippen molar-refractivity contribution < 1.29 is 8.78 Å². The van der Waals surface area contributed by atoms with Gasteiger partial charge in [-0.05, 0) is 34.7 Å². The second kappa shape index (κ2) is 4.44. The second-order valence-corrected chi connectivity index (χ2v) is 5.17. The summed E-state index contributed by atoms with van der Waals surface area (Å²) in [6.07, 6.45) is 0. The van der Waals surface area contributed by atoms with Crippen molar-refractivity contribution in [1.29, 1.82) is 0 Å². The van der Waals surface area contributed by atoms with E-state index in [4.69, 9.17) is 5.73 Å². The van der Waals surface area contributed by atoms with Crippen molar-refractivity contribution >= 4 is 39.6 Å². The molecule has 3 rings (SSSR count). The lowest BCUT2D eigenvalue weighted by molar-refractivity contribution is 0.590. The average molecular weight is 371 g/mol. The zero-order chi connectivity index (χ0) is 13.6. The first-order valence-corrected chi connectivity index (χ1v) is 6.53. The van der Waals surface area contributed by atoms with Crippen LogP contribution in [-0.4, -0.2) is 9.55 Å². The molecule has 0 aliphatic heterocycles. The number of rotatable bonds is 1. The van der Waals surface area contributed by atoms with Crippen LogP contribution < -0.4 is 5.73 Å². The number of nitrogen functional groups attached to an aromatic ring is 1. The Morgan fingerprint density at radius 2 is 1.89 bits per heavy atom. The lowest BCUT2D eigenvalue weighted by Crippen LogP contribution is -2.02. The van der Waals surface area contributed by atoms with Crippen molar-refractivity contribution in [1.82, 2.24) is 9.55 Å². The number of para-hydroxylation sites is 1. The Morgan fingerprint density at radius 3 is 2.63 bits per heavy atom. The first-order valence-electron chi connectivity index (χ1n) is 5.46. The summed E-state index contributed by atoms with van der Waals surface area (Å²) in [7, 11) is 0. The van der Waals surface area contributed by atoms with Crippen LogP contribution in [0.1, 0.15) is 0 Å². The quantitative estimate of drug-likeness (QED) is 0.666. The normalized spacial score (nSPS) is 11.1. The van der Waals surface area contributed by atoms with E-state index in [0.717, 1.165) is 15.3 Å². The molecule has 19 heavy (non-hydrogen) atoms. The molecule has 0 aliphatic rings. The van der Waals surface area contributed by atoms with E-state index >= 15 is 0 Å². The molecule has 2 aromatic carbocycles. The third-order valence-electron chi connectivity index (χ3n) is 2.80. The number of benzene rings is 2. The summed E-state index contributed by atoms with van der Waals surface area (Å²) in [5.41, 5.74) is 6.96. The maximum absolute atomic E-state index is 13.7. The minimum atomic E-state index is -0.716. The number of anilines is 1. The van der Waals surface area contributed by atoms with Gasteiger partial charge in [0.25, 0.3) is 0 Å². The molecule has 0 atom stereocenters. The first-order chi connectivity index (χ1) is 9.08. The zero-order valence-electron chi connectivity index (χ0n) is 9.57. The predicted octanol–water partition coefficient (Wildman–Crippen LogP) is 3.49. The highest BCUT2D eigenvalue weighted by Crippen LogP contribution is 2.28. The van der Waals surface area contributed by atoms with Crippen LogP contribution in [0.5, 0.6) is 0 Å². The third kappa shape index (κ3) is 1.95. The van der Waals surface area contributed by atoms with Gasteiger partial charge in [0.1, 0.15) is 11.3 Å². The summed E-state index contributed by atoms with van der Waals surface area (Å²) in [5, 5.41) is 0. The first kappa shape index (κ1) is 12.3. The number of nitrogens with two attached hydrogens (primary N) is 1. The predicted molar refractivity (Wildman–Crippen MR) is 78.1 cm³/mol. The number of imidazole rings is 1. The summed E-state index contributed by atoms with van der Waals surface area (Å²) >= 11 is 2.14. The lowest BCUT2D eigenvalue weighted by atomic mass is 10.2. The average Bonchev–Trinajstić information content (AvgIpc) is 2.67. The minimum Gasteiger partial charge on any atom is -0.369 e. The topological polar surface area (TPSA) is 43.8 Å². The molecule has 0 bridgehead atoms. The van der Waals surface area contributed by atoms with Gasteiger partial charge >= 0.3 is 0 Å². The van der Waals surface area contributed by atoms with E-state index in [0.29, 0.717) is 5.52 Å². The highest BCUT2D eigenvalue weighted by Gasteiger charge is 2.16. The van der Waals surface area contributed by atoms with E-state index in [9.17, 15) is 8.78 Å². The number of halogens is 3. The smallest absolute Gasteiger partial charge is 0.206 e. The number of fused-ring (bicyclic) bond motifs is 1. The van der Waals surface area contributed by atoms with Gasteiger partial charge in [-0.1, -0.05) is 12.1 Å². The Balaban J connectivity index is 2.42. The monoisotopic (exact) mass is 371 g/mol. The van der Waals surface area contributed by atoms with Crippen LogP contribution in [0.2, 0.25) is 0 Å². The Labute approximate surface area is 121 Å². The summed E-state index contributed by atoms with van der Waals surface area (Å²) in [4.78, 5) is 3.97. The molecule has 3 nitrogen and oxygen atoms in total. The Morgan fingerprint density at radius 1 is 1.16 bits per heavy atom. The molecule has 1 aromatic heterocycles. The van der Waals surface area contributed by atoms with Gasteiger partial charge in [0.05, 0.1) is 11.2 Å². The summed E-state index contributed by atoms with van der Waals surface area (Å²) in [6.45, 7) is 0. The Kier molecular flexibility index (Phi) is 2.89. The molecule has 0 unspecified atom stereocenters. The van der Waals surface area contributed by atoms with Gasteiger partial charge in [0.2, 0.25) is 5.95 Å². The third-order valence-corrected chi connectivity index (χ3v) is 3.71. The standard InChI is InChI=1S/C13H8F2IN3/c14-7-5-8(15)12-11(6-7)19(13(17)18-12)10-4-2-1-3-9(10)16/h1-6H,(H2,17,18). The van der Waals surface area contributed by atoms with Gasteiger partial charge in [-0.2, -0.15) is 0 Å². The fraction of sp³-hybridized carbons (Fsp3) is 0. The molecule has 1 heterocycles. The maximum atomic E-state index is 13.7. The van der Waals surface area contributed by atoms with E-state index in [1.807, 2.05) is 24.3 Å². The summed E-state index contributed by atoms with van der Waals surface area (Å²) < 4.78 is 29.5. The highest BCUT2D eigenvalue weighted by molar-refractivity contribution is 14.1. The molecule has 6 heteroatoms. The molecule has 2 N–H and O–H groups in total. The lowest BCUT2D eigenvalue weighted by Gasteiger charge is -2.08. The zero-order valence-corrected chi connectivity index (χ0v) is 11.7. The van der Waals surface area contributed by atoms with E-state index < -0.39 is 11.6 Å². The van der Waals surface area contributed by atoms with Gasteiger partial charge in [-0.15, -0.1) is 0 Å². The number of aromatic nitrogens is 2. The summed E-state index contributed by atoms with van der Waals surface area (Å²) in [5.74, 6) is -1.24. The van der Waals surface area contributed by atoms with Gasteiger partial charge in [-0.3, -0.25) is 4.57 Å². The van der Waals surface area contributed by atoms with Crippen LogP contribution in [0.4, 0.5) is 14.7 Å². The van der Waals surface area contributed by atoms with E-state index in [-0.39, 0.29) is 11.5 Å². The fourth-order valence-electron chi connectivity index (χ4n) is 2.01. The number of hydrogen-bond donors (Lipinski definition) is 1. The minimum absolute atomic E-state index is 0.0681. The van der Waals surface area contributed by atoms with Gasteiger partial charge < -0.3 is 5.73 Å². The van der Waals surface area contributed by atoms with Crippen LogP contribution in [0, 0.1) is 15.2 Å². The van der Waals surface area contributed by atoms with Crippen LogP contribution in [-0.2, 0) is 0 Å². The van der Waals surface area contributed by atoms with Crippen molar-refractivity contribution in [2.24, 2.45) is 0 Å². The molecular weight excluding hydrogens is 363 g/mol. The van der Waals surface area contributed by atoms with Crippen LogP contribution >= 0.6 is 22.6 Å². The molecule has 0 amide bonds. The molecule has 0 fully saturated rings. The van der Waals surface area contributed by atoms with Crippen LogP contribution in [0.3, 0.4) is 0 Å². The van der Waals surface area contributed by atoms with E-state index in [1.54, 1.807) is 4.57 Å². The van der Waals surface area contributed by atoms with Gasteiger partial charge in [0, 0.05) is 15.7 Å². The molecule has 0 saturated carbocycles. The van der Waals surface area contributed by atoms with Crippen molar-refractivity contribution in [3.8, 4) is 5.69 Å². The molecule has 0 radical (unpaired) electrons.